The van der Waals surface area contributed by atoms with Crippen LogP contribution in [-0.2, 0) is 6.42 Å². The number of nitrogens with two attached hydrogens (primary N) is 1. The van der Waals surface area contributed by atoms with Gasteiger partial charge in [0.2, 0.25) is 0 Å². The van der Waals surface area contributed by atoms with Gasteiger partial charge in [-0.1, -0.05) is 6.07 Å². The Balaban J connectivity index is 3.00. The first-order valence-corrected chi connectivity index (χ1v) is 4.87. The second kappa shape index (κ2) is 5.07. The van der Waals surface area contributed by atoms with E-state index in [1.807, 2.05) is 0 Å². The van der Waals surface area contributed by atoms with Crippen molar-refractivity contribution in [1.82, 2.24) is 0 Å². The summed E-state index contributed by atoms with van der Waals surface area (Å²) in [4.78, 5) is 0. The topological polar surface area (TPSA) is 46.2 Å². The molecule has 84 valence electrons. The SMILES string of the molecule is Cc1cc(CCCN)cc(C(F)F)c1O. The third-order valence-electron chi connectivity index (χ3n) is 2.29. The van der Waals surface area contributed by atoms with Gasteiger partial charge in [-0.15, -0.1) is 0 Å². The number of aromatic hydroxyl groups is 1. The zero-order chi connectivity index (χ0) is 11.4. The average molecular weight is 215 g/mol. The molecule has 0 atom stereocenters. The quantitative estimate of drug-likeness (QED) is 0.810. The van der Waals surface area contributed by atoms with Crippen LogP contribution in [0.5, 0.6) is 5.75 Å². The highest BCUT2D eigenvalue weighted by atomic mass is 19.3. The highest BCUT2D eigenvalue weighted by Crippen LogP contribution is 2.32. The van der Waals surface area contributed by atoms with Crippen molar-refractivity contribution in [2.24, 2.45) is 5.73 Å². The van der Waals surface area contributed by atoms with Crippen LogP contribution in [0.4, 0.5) is 8.78 Å². The molecule has 0 radical (unpaired) electrons. The molecular weight excluding hydrogens is 200 g/mol. The van der Waals surface area contributed by atoms with Crippen molar-refractivity contribution in [2.75, 3.05) is 6.54 Å². The van der Waals surface area contributed by atoms with Crippen LogP contribution < -0.4 is 5.73 Å². The number of phenols is 1. The Hall–Kier alpha value is -1.16. The van der Waals surface area contributed by atoms with Gasteiger partial charge in [-0.3, -0.25) is 0 Å². The summed E-state index contributed by atoms with van der Waals surface area (Å²) in [6, 6.07) is 3.07. The first kappa shape index (κ1) is 11.9. The van der Waals surface area contributed by atoms with Crippen molar-refractivity contribution in [1.29, 1.82) is 0 Å². The van der Waals surface area contributed by atoms with Crippen LogP contribution in [0.25, 0.3) is 0 Å². The van der Waals surface area contributed by atoms with E-state index in [0.717, 1.165) is 12.0 Å². The van der Waals surface area contributed by atoms with E-state index < -0.39 is 6.43 Å². The highest BCUT2D eigenvalue weighted by molar-refractivity contribution is 5.43. The van der Waals surface area contributed by atoms with E-state index in [-0.39, 0.29) is 11.3 Å². The van der Waals surface area contributed by atoms with Crippen molar-refractivity contribution >= 4 is 0 Å². The Morgan fingerprint density at radius 2 is 2.07 bits per heavy atom. The molecular formula is C11H15F2NO. The monoisotopic (exact) mass is 215 g/mol. The fraction of sp³-hybridized carbons (Fsp3) is 0.455. The van der Waals surface area contributed by atoms with E-state index >= 15 is 0 Å². The zero-order valence-electron chi connectivity index (χ0n) is 8.63. The van der Waals surface area contributed by atoms with Gasteiger partial charge in [-0.2, -0.15) is 0 Å². The molecule has 0 unspecified atom stereocenters. The van der Waals surface area contributed by atoms with E-state index in [1.165, 1.54) is 6.07 Å². The summed E-state index contributed by atoms with van der Waals surface area (Å²) >= 11 is 0. The molecule has 0 bridgehead atoms. The summed E-state index contributed by atoms with van der Waals surface area (Å²) in [6.07, 6.45) is -1.22. The number of hydrogen-bond acceptors (Lipinski definition) is 2. The van der Waals surface area contributed by atoms with Crippen molar-refractivity contribution in [2.45, 2.75) is 26.2 Å². The van der Waals surface area contributed by atoms with Gasteiger partial charge in [-0.25, -0.2) is 8.78 Å². The molecule has 0 amide bonds. The lowest BCUT2D eigenvalue weighted by Gasteiger charge is -2.09. The van der Waals surface area contributed by atoms with Gasteiger partial charge in [0.25, 0.3) is 6.43 Å². The molecule has 0 aliphatic rings. The van der Waals surface area contributed by atoms with E-state index in [0.29, 0.717) is 18.5 Å². The summed E-state index contributed by atoms with van der Waals surface area (Å²) < 4.78 is 25.1. The first-order valence-electron chi connectivity index (χ1n) is 4.87. The van der Waals surface area contributed by atoms with E-state index in [9.17, 15) is 13.9 Å². The third kappa shape index (κ3) is 2.89. The fourth-order valence-corrected chi connectivity index (χ4v) is 1.50. The molecule has 0 saturated heterocycles. The molecule has 1 rings (SSSR count). The molecule has 0 aliphatic heterocycles. The normalized spacial score (nSPS) is 11.0. The Morgan fingerprint density at radius 1 is 1.40 bits per heavy atom. The lowest BCUT2D eigenvalue weighted by atomic mass is 10.0. The van der Waals surface area contributed by atoms with Gasteiger partial charge < -0.3 is 10.8 Å². The summed E-state index contributed by atoms with van der Waals surface area (Å²) in [7, 11) is 0. The number of rotatable bonds is 4. The predicted octanol–water partition coefficient (Wildman–Crippen LogP) is 2.53. The predicted molar refractivity (Wildman–Crippen MR) is 55.2 cm³/mol. The number of aryl methyl sites for hydroxylation is 2. The summed E-state index contributed by atoms with van der Waals surface area (Å²) in [6.45, 7) is 2.15. The molecule has 4 heteroatoms. The van der Waals surface area contributed by atoms with E-state index in [4.69, 9.17) is 5.73 Å². The fourth-order valence-electron chi connectivity index (χ4n) is 1.50. The summed E-state index contributed by atoms with van der Waals surface area (Å²) in [5.74, 6) is -0.304. The molecule has 0 aliphatic carbocycles. The lowest BCUT2D eigenvalue weighted by Crippen LogP contribution is -2.01. The number of benzene rings is 1. The summed E-state index contributed by atoms with van der Waals surface area (Å²) in [5, 5.41) is 9.41. The van der Waals surface area contributed by atoms with Gasteiger partial charge in [0, 0.05) is 0 Å². The molecule has 3 N–H and O–H groups in total. The second-order valence-corrected chi connectivity index (χ2v) is 3.54. The van der Waals surface area contributed by atoms with Crippen molar-refractivity contribution in [3.63, 3.8) is 0 Å². The molecule has 2 nitrogen and oxygen atoms in total. The lowest BCUT2D eigenvalue weighted by molar-refractivity contribution is 0.147. The van der Waals surface area contributed by atoms with Crippen molar-refractivity contribution < 1.29 is 13.9 Å². The van der Waals surface area contributed by atoms with E-state index in [2.05, 4.69) is 0 Å². The molecule has 1 aromatic carbocycles. The standard InChI is InChI=1S/C11H15F2NO/c1-7-5-8(3-2-4-14)6-9(10(7)15)11(12)13/h5-6,11,15H,2-4,14H2,1H3. The maximum atomic E-state index is 12.5. The van der Waals surface area contributed by atoms with Gasteiger partial charge in [0.1, 0.15) is 5.75 Å². The Bertz CT molecular complexity index is 340. The van der Waals surface area contributed by atoms with Crippen LogP contribution in [0.3, 0.4) is 0 Å². The van der Waals surface area contributed by atoms with Gasteiger partial charge >= 0.3 is 0 Å². The van der Waals surface area contributed by atoms with Crippen LogP contribution in [0, 0.1) is 6.92 Å². The second-order valence-electron chi connectivity index (χ2n) is 3.54. The Morgan fingerprint density at radius 3 is 2.60 bits per heavy atom. The Kier molecular flexibility index (Phi) is 4.03. The number of alkyl halides is 2. The number of phenolic OH excluding ortho intramolecular Hbond substituents is 1. The van der Waals surface area contributed by atoms with Gasteiger partial charge in [0.05, 0.1) is 5.56 Å². The Labute approximate surface area is 87.7 Å². The molecule has 0 saturated carbocycles. The van der Waals surface area contributed by atoms with Crippen LogP contribution in [-0.4, -0.2) is 11.7 Å². The molecule has 0 heterocycles. The van der Waals surface area contributed by atoms with Crippen LogP contribution >= 0.6 is 0 Å². The van der Waals surface area contributed by atoms with E-state index in [1.54, 1.807) is 13.0 Å². The van der Waals surface area contributed by atoms with Gasteiger partial charge in [0.15, 0.2) is 0 Å². The largest absolute Gasteiger partial charge is 0.507 e. The van der Waals surface area contributed by atoms with Crippen molar-refractivity contribution in [3.05, 3.63) is 28.8 Å². The smallest absolute Gasteiger partial charge is 0.267 e. The highest BCUT2D eigenvalue weighted by Gasteiger charge is 2.15. The minimum Gasteiger partial charge on any atom is -0.507 e. The zero-order valence-corrected chi connectivity index (χ0v) is 8.63. The molecule has 0 aromatic heterocycles. The number of hydrogen-bond donors (Lipinski definition) is 2. The maximum absolute atomic E-state index is 12.5. The minimum atomic E-state index is -2.64. The summed E-state index contributed by atoms with van der Waals surface area (Å²) in [5.41, 5.74) is 6.34. The maximum Gasteiger partial charge on any atom is 0.267 e. The molecule has 0 spiro atoms. The first-order chi connectivity index (χ1) is 7.06. The third-order valence-corrected chi connectivity index (χ3v) is 2.29. The van der Waals surface area contributed by atoms with Crippen molar-refractivity contribution in [3.8, 4) is 5.75 Å². The molecule has 0 fully saturated rings. The van der Waals surface area contributed by atoms with Gasteiger partial charge in [-0.05, 0) is 43.5 Å². The number of halogens is 2. The average Bonchev–Trinajstić information content (AvgIpc) is 2.19. The van der Waals surface area contributed by atoms with Crippen LogP contribution in [0.15, 0.2) is 12.1 Å². The molecule has 15 heavy (non-hydrogen) atoms. The van der Waals surface area contributed by atoms with Crippen LogP contribution in [0.2, 0.25) is 0 Å². The van der Waals surface area contributed by atoms with Crippen LogP contribution in [0.1, 0.15) is 29.5 Å². The minimum absolute atomic E-state index is 0.290. The molecule has 1 aromatic rings.